The number of hydrogen-bond donors (Lipinski definition) is 1. The van der Waals surface area contributed by atoms with E-state index in [1.165, 1.54) is 24.4 Å². The summed E-state index contributed by atoms with van der Waals surface area (Å²) in [6, 6.07) is 8.68. The maximum Gasteiger partial charge on any atom is 0.433 e. The van der Waals surface area contributed by atoms with Gasteiger partial charge in [0.2, 0.25) is 0 Å². The average Bonchev–Trinajstić information content (AvgIpc) is 3.34. The molecule has 2 atom stereocenters. The van der Waals surface area contributed by atoms with Gasteiger partial charge in [-0.05, 0) is 54.8 Å². The van der Waals surface area contributed by atoms with Gasteiger partial charge in [0.1, 0.15) is 28.9 Å². The number of carbonyl (C=O) groups excluding carboxylic acids is 2. The van der Waals surface area contributed by atoms with Crippen LogP contribution in [0.1, 0.15) is 47.3 Å². The van der Waals surface area contributed by atoms with E-state index in [-0.39, 0.29) is 49.2 Å². The van der Waals surface area contributed by atoms with Crippen LogP contribution >= 0.6 is 0 Å². The third-order valence-corrected chi connectivity index (χ3v) is 6.81. The quantitative estimate of drug-likeness (QED) is 0.246. The van der Waals surface area contributed by atoms with E-state index < -0.39 is 53.0 Å². The average molecular weight is 604 g/mol. The molecule has 2 aromatic carbocycles. The number of rotatable bonds is 12. The van der Waals surface area contributed by atoms with E-state index in [9.17, 15) is 35.9 Å². The molecule has 0 radical (unpaired) electrons. The molecule has 2 heterocycles. The first-order valence-corrected chi connectivity index (χ1v) is 13.3. The zero-order chi connectivity index (χ0) is 31.3. The lowest BCUT2D eigenvalue weighted by molar-refractivity contribution is -0.119. The fourth-order valence-corrected chi connectivity index (χ4v) is 5.02. The summed E-state index contributed by atoms with van der Waals surface area (Å²) in [5.41, 5.74) is 4.92. The number of aliphatic imine (C=N–C) groups is 1. The van der Waals surface area contributed by atoms with Crippen molar-refractivity contribution < 1.29 is 40.7 Å². The first kappa shape index (κ1) is 31.6. The van der Waals surface area contributed by atoms with Crippen molar-refractivity contribution in [1.82, 2.24) is 4.98 Å². The Hall–Kier alpha value is -4.32. The van der Waals surface area contributed by atoms with Crippen molar-refractivity contribution in [1.29, 1.82) is 0 Å². The molecule has 4 rings (SSSR count). The topological polar surface area (TPSA) is 94.6 Å². The van der Waals surface area contributed by atoms with Gasteiger partial charge in [-0.15, -0.1) is 0 Å². The number of halogens is 6. The van der Waals surface area contributed by atoms with Crippen LogP contribution in [-0.2, 0) is 16.0 Å². The molecular weight excluding hydrogens is 576 g/mol. The number of aromatic nitrogens is 1. The number of primary amides is 1. The molecule has 0 spiro atoms. The summed E-state index contributed by atoms with van der Waals surface area (Å²) in [5, 5.41) is 0. The fourth-order valence-electron chi connectivity index (χ4n) is 5.02. The van der Waals surface area contributed by atoms with Crippen LogP contribution in [0.4, 0.5) is 26.3 Å². The van der Waals surface area contributed by atoms with Gasteiger partial charge < -0.3 is 10.5 Å². The van der Waals surface area contributed by atoms with E-state index in [0.717, 1.165) is 18.2 Å². The minimum Gasteiger partial charge on any atom is -0.377 e. The number of ether oxygens (including phenoxy) is 1. The van der Waals surface area contributed by atoms with Gasteiger partial charge in [-0.2, -0.15) is 13.2 Å². The third kappa shape index (κ3) is 7.95. The summed E-state index contributed by atoms with van der Waals surface area (Å²) >= 11 is 0. The largest absolute Gasteiger partial charge is 0.433 e. The smallest absolute Gasteiger partial charge is 0.377 e. The van der Waals surface area contributed by atoms with Crippen molar-refractivity contribution in [3.05, 3.63) is 101 Å². The van der Waals surface area contributed by atoms with Crippen LogP contribution in [0.15, 0.2) is 71.4 Å². The molecule has 0 fully saturated rings. The minimum atomic E-state index is -4.73. The molecular formula is C31H27F6N3O3. The fraction of sp³-hybridized carbons (Fsp3) is 0.290. The van der Waals surface area contributed by atoms with Gasteiger partial charge in [-0.1, -0.05) is 18.2 Å². The highest BCUT2D eigenvalue weighted by atomic mass is 19.4. The Balaban J connectivity index is 1.69. The van der Waals surface area contributed by atoms with E-state index in [1.807, 2.05) is 0 Å². The number of amides is 1. The molecule has 0 saturated heterocycles. The Bertz CT molecular complexity index is 1560. The summed E-state index contributed by atoms with van der Waals surface area (Å²) in [6.45, 7) is 1.52. The second kappa shape index (κ2) is 13.3. The van der Waals surface area contributed by atoms with Crippen molar-refractivity contribution in [2.45, 2.75) is 44.3 Å². The number of pyridine rings is 1. The standard InChI is InChI=1S/C31H27F6N3O3/c1-2-43-16-20-11-23(40-29(20)31(35,36)37)15-24(41)12-19(8-17-9-21(32)14-22(33)10-17)28-25(4-3-7-39-28)18-5-6-27(34)26(13-18)30(38)42/h3-7,9-11,13-14,19,23H,2,8,12,15-16H2,1H3,(H2,38,42)/t19-,23?/m1/s1. The van der Waals surface area contributed by atoms with Gasteiger partial charge in [0.05, 0.1) is 23.9 Å². The van der Waals surface area contributed by atoms with Crippen LogP contribution in [0.2, 0.25) is 0 Å². The highest BCUT2D eigenvalue weighted by Crippen LogP contribution is 2.35. The molecule has 1 aromatic heterocycles. The molecule has 0 aliphatic carbocycles. The molecule has 1 aliphatic rings. The molecule has 3 aromatic rings. The van der Waals surface area contributed by atoms with Crippen molar-refractivity contribution in [2.75, 3.05) is 13.2 Å². The maximum absolute atomic E-state index is 14.2. The van der Waals surface area contributed by atoms with Gasteiger partial charge in [-0.3, -0.25) is 19.6 Å². The maximum atomic E-state index is 14.2. The normalized spacial score (nSPS) is 15.7. The predicted octanol–water partition coefficient (Wildman–Crippen LogP) is 6.29. The lowest BCUT2D eigenvalue weighted by atomic mass is 9.85. The Morgan fingerprint density at radius 1 is 1.05 bits per heavy atom. The second-order valence-electron chi connectivity index (χ2n) is 9.99. The van der Waals surface area contributed by atoms with Crippen molar-refractivity contribution in [3.8, 4) is 11.1 Å². The molecule has 0 saturated carbocycles. The van der Waals surface area contributed by atoms with Gasteiger partial charge >= 0.3 is 6.18 Å². The SMILES string of the molecule is CCOCC1=CC(CC(=O)C[C@@H](Cc2cc(F)cc(F)c2)c2ncccc2-c2ccc(F)c(C(N)=O)c2)N=C1C(F)(F)F. The van der Waals surface area contributed by atoms with Gasteiger partial charge in [-0.25, -0.2) is 13.2 Å². The van der Waals surface area contributed by atoms with Crippen LogP contribution < -0.4 is 5.73 Å². The van der Waals surface area contributed by atoms with Crippen molar-refractivity contribution in [2.24, 2.45) is 10.7 Å². The van der Waals surface area contributed by atoms with E-state index in [2.05, 4.69) is 9.98 Å². The van der Waals surface area contributed by atoms with Gasteiger partial charge in [0, 0.05) is 48.8 Å². The summed E-state index contributed by atoms with van der Waals surface area (Å²) in [5.74, 6) is -4.80. The van der Waals surface area contributed by atoms with Crippen LogP contribution in [0, 0.1) is 17.5 Å². The Kier molecular flexibility index (Phi) is 9.80. The van der Waals surface area contributed by atoms with E-state index in [4.69, 9.17) is 10.5 Å². The molecule has 12 heteroatoms. The lowest BCUT2D eigenvalue weighted by Crippen LogP contribution is -2.25. The van der Waals surface area contributed by atoms with Crippen LogP contribution in [-0.4, -0.2) is 47.8 Å². The number of Topliss-reactive ketones (excluding diaryl/α,β-unsaturated/α-hetero) is 1. The molecule has 226 valence electrons. The minimum absolute atomic E-state index is 0.0680. The Morgan fingerprint density at radius 2 is 1.77 bits per heavy atom. The lowest BCUT2D eigenvalue weighted by Gasteiger charge is -2.20. The zero-order valence-electron chi connectivity index (χ0n) is 22.9. The highest BCUT2D eigenvalue weighted by molar-refractivity contribution is 6.06. The predicted molar refractivity (Wildman–Crippen MR) is 147 cm³/mol. The van der Waals surface area contributed by atoms with Crippen molar-refractivity contribution in [3.63, 3.8) is 0 Å². The number of ketones is 1. The molecule has 43 heavy (non-hydrogen) atoms. The van der Waals surface area contributed by atoms with Gasteiger partial charge in [0.25, 0.3) is 5.91 Å². The molecule has 6 nitrogen and oxygen atoms in total. The summed E-state index contributed by atoms with van der Waals surface area (Å²) in [4.78, 5) is 33.2. The first-order valence-electron chi connectivity index (χ1n) is 13.3. The van der Waals surface area contributed by atoms with Crippen LogP contribution in [0.3, 0.4) is 0 Å². The summed E-state index contributed by atoms with van der Waals surface area (Å²) < 4.78 is 88.1. The van der Waals surface area contributed by atoms with E-state index in [1.54, 1.807) is 19.1 Å². The Morgan fingerprint density at radius 3 is 2.42 bits per heavy atom. The molecule has 0 bridgehead atoms. The van der Waals surface area contributed by atoms with Crippen LogP contribution in [0.25, 0.3) is 11.1 Å². The molecule has 2 N–H and O–H groups in total. The molecule has 1 amide bonds. The van der Waals surface area contributed by atoms with Crippen molar-refractivity contribution >= 4 is 17.4 Å². The molecule has 1 aliphatic heterocycles. The summed E-state index contributed by atoms with van der Waals surface area (Å²) in [6.07, 6.45) is -2.75. The van der Waals surface area contributed by atoms with E-state index in [0.29, 0.717) is 22.9 Å². The number of carbonyl (C=O) groups is 2. The number of alkyl halides is 3. The zero-order valence-corrected chi connectivity index (χ0v) is 22.9. The Labute approximate surface area is 243 Å². The highest BCUT2D eigenvalue weighted by Gasteiger charge is 2.41. The number of benzene rings is 2. The van der Waals surface area contributed by atoms with Gasteiger partial charge in [0.15, 0.2) is 0 Å². The molecule has 1 unspecified atom stereocenters. The first-order chi connectivity index (χ1) is 20.3. The number of hydrogen-bond acceptors (Lipinski definition) is 5. The monoisotopic (exact) mass is 603 g/mol. The number of nitrogens with two attached hydrogens (primary N) is 1. The van der Waals surface area contributed by atoms with E-state index >= 15 is 0 Å². The summed E-state index contributed by atoms with van der Waals surface area (Å²) in [7, 11) is 0. The van der Waals surface area contributed by atoms with Crippen LogP contribution in [0.5, 0.6) is 0 Å². The second-order valence-corrected chi connectivity index (χ2v) is 9.99. The third-order valence-electron chi connectivity index (χ3n) is 6.81. The number of nitrogens with zero attached hydrogens (tertiary/aromatic N) is 2.